The third-order valence-electron chi connectivity index (χ3n) is 1.30. The summed E-state index contributed by atoms with van der Waals surface area (Å²) in [6.07, 6.45) is 1.82. The number of hydrogen-bond acceptors (Lipinski definition) is 0. The van der Waals surface area contributed by atoms with Crippen molar-refractivity contribution < 1.29 is 8.78 Å². The van der Waals surface area contributed by atoms with E-state index >= 15 is 0 Å². The summed E-state index contributed by atoms with van der Waals surface area (Å²) in [5.41, 5.74) is 1.10. The SMILES string of the molecule is CC(C)=CC(C)CC(C)(F)F. The maximum Gasteiger partial charge on any atom is 0.246 e. The van der Waals surface area contributed by atoms with E-state index in [0.29, 0.717) is 0 Å². The number of hydrogen-bond donors (Lipinski definition) is 0. The Balaban J connectivity index is 3.89. The fourth-order valence-corrected chi connectivity index (χ4v) is 1.19. The molecule has 1 unspecified atom stereocenters. The van der Waals surface area contributed by atoms with Gasteiger partial charge in [-0.1, -0.05) is 18.6 Å². The summed E-state index contributed by atoms with van der Waals surface area (Å²) in [4.78, 5) is 0. The summed E-state index contributed by atoms with van der Waals surface area (Å²) in [7, 11) is 0. The first-order chi connectivity index (χ1) is 4.81. The molecule has 0 heterocycles. The van der Waals surface area contributed by atoms with Crippen LogP contribution in [-0.4, -0.2) is 5.92 Å². The molecule has 1 atom stereocenters. The minimum absolute atomic E-state index is 0.0278. The van der Waals surface area contributed by atoms with E-state index in [1.165, 1.54) is 0 Å². The Kier molecular flexibility index (Phi) is 3.70. The molecule has 0 aliphatic rings. The molecule has 0 aromatic rings. The smallest absolute Gasteiger partial charge is 0.207 e. The maximum atomic E-state index is 12.4. The van der Waals surface area contributed by atoms with Gasteiger partial charge in [-0.15, -0.1) is 0 Å². The van der Waals surface area contributed by atoms with Crippen LogP contribution in [0.3, 0.4) is 0 Å². The Morgan fingerprint density at radius 3 is 2.18 bits per heavy atom. The van der Waals surface area contributed by atoms with Crippen molar-refractivity contribution in [2.75, 3.05) is 0 Å². The van der Waals surface area contributed by atoms with Gasteiger partial charge < -0.3 is 0 Å². The van der Waals surface area contributed by atoms with Crippen molar-refractivity contribution >= 4 is 0 Å². The monoisotopic (exact) mass is 162 g/mol. The molecule has 0 aromatic carbocycles. The van der Waals surface area contributed by atoms with Crippen LogP contribution >= 0.6 is 0 Å². The van der Waals surface area contributed by atoms with Gasteiger partial charge in [0.05, 0.1) is 0 Å². The van der Waals surface area contributed by atoms with Crippen LogP contribution in [0.15, 0.2) is 11.6 Å². The number of halogens is 2. The standard InChI is InChI=1S/C9H16F2/c1-7(2)5-8(3)6-9(4,10)11/h5,8H,6H2,1-4H3. The molecule has 0 rings (SSSR count). The minimum Gasteiger partial charge on any atom is -0.207 e. The summed E-state index contributed by atoms with van der Waals surface area (Å²) in [5, 5.41) is 0. The van der Waals surface area contributed by atoms with E-state index in [-0.39, 0.29) is 12.3 Å². The number of allylic oxidation sites excluding steroid dienone is 2. The van der Waals surface area contributed by atoms with E-state index < -0.39 is 5.92 Å². The summed E-state index contributed by atoms with van der Waals surface area (Å²) < 4.78 is 24.8. The Labute approximate surface area is 67.3 Å². The molecule has 11 heavy (non-hydrogen) atoms. The van der Waals surface area contributed by atoms with Gasteiger partial charge >= 0.3 is 0 Å². The van der Waals surface area contributed by atoms with Gasteiger partial charge in [0.15, 0.2) is 0 Å². The Morgan fingerprint density at radius 1 is 1.45 bits per heavy atom. The van der Waals surface area contributed by atoms with E-state index in [1.807, 2.05) is 26.8 Å². The fraction of sp³-hybridized carbons (Fsp3) is 0.778. The zero-order valence-corrected chi connectivity index (χ0v) is 7.62. The lowest BCUT2D eigenvalue weighted by Gasteiger charge is -2.13. The quantitative estimate of drug-likeness (QED) is 0.556. The van der Waals surface area contributed by atoms with Crippen molar-refractivity contribution in [1.29, 1.82) is 0 Å². The van der Waals surface area contributed by atoms with Crippen molar-refractivity contribution in [1.82, 2.24) is 0 Å². The molecule has 2 heteroatoms. The molecule has 0 radical (unpaired) electrons. The zero-order chi connectivity index (χ0) is 9.07. The molecule has 0 spiro atoms. The number of alkyl halides is 2. The molecular weight excluding hydrogens is 146 g/mol. The van der Waals surface area contributed by atoms with Crippen LogP contribution < -0.4 is 0 Å². The van der Waals surface area contributed by atoms with Crippen molar-refractivity contribution in [2.24, 2.45) is 5.92 Å². The molecule has 0 aliphatic carbocycles. The van der Waals surface area contributed by atoms with Crippen LogP contribution in [0, 0.1) is 5.92 Å². The average Bonchev–Trinajstić information content (AvgIpc) is 1.53. The topological polar surface area (TPSA) is 0 Å². The lowest BCUT2D eigenvalue weighted by atomic mass is 10.0. The first-order valence-corrected chi connectivity index (χ1v) is 3.84. The van der Waals surface area contributed by atoms with Crippen LogP contribution in [-0.2, 0) is 0 Å². The largest absolute Gasteiger partial charge is 0.246 e. The normalized spacial score (nSPS) is 14.4. The van der Waals surface area contributed by atoms with Crippen molar-refractivity contribution in [3.63, 3.8) is 0 Å². The molecule has 0 amide bonds. The second-order valence-electron chi connectivity index (χ2n) is 3.50. The average molecular weight is 162 g/mol. The van der Waals surface area contributed by atoms with Crippen molar-refractivity contribution in [2.45, 2.75) is 40.0 Å². The highest BCUT2D eigenvalue weighted by atomic mass is 19.3. The predicted molar refractivity (Wildman–Crippen MR) is 43.8 cm³/mol. The van der Waals surface area contributed by atoms with Gasteiger partial charge in [0.1, 0.15) is 0 Å². The summed E-state index contributed by atoms with van der Waals surface area (Å²) in [5.74, 6) is -2.56. The van der Waals surface area contributed by atoms with E-state index in [1.54, 1.807) is 0 Å². The number of rotatable bonds is 3. The van der Waals surface area contributed by atoms with E-state index in [4.69, 9.17) is 0 Å². The van der Waals surface area contributed by atoms with Crippen LogP contribution in [0.2, 0.25) is 0 Å². The van der Waals surface area contributed by atoms with E-state index in [0.717, 1.165) is 12.5 Å². The molecule has 0 fully saturated rings. The predicted octanol–water partition coefficient (Wildman–Crippen LogP) is 3.63. The van der Waals surface area contributed by atoms with Crippen LogP contribution in [0.5, 0.6) is 0 Å². The third-order valence-corrected chi connectivity index (χ3v) is 1.30. The summed E-state index contributed by atoms with van der Waals surface area (Å²) in [6.45, 7) is 6.61. The van der Waals surface area contributed by atoms with E-state index in [9.17, 15) is 8.78 Å². The summed E-state index contributed by atoms with van der Waals surface area (Å²) >= 11 is 0. The van der Waals surface area contributed by atoms with Gasteiger partial charge in [0.2, 0.25) is 5.92 Å². The first kappa shape index (κ1) is 10.6. The molecular formula is C9H16F2. The lowest BCUT2D eigenvalue weighted by molar-refractivity contribution is 0.00396. The Bertz CT molecular complexity index is 138. The van der Waals surface area contributed by atoms with Gasteiger partial charge in [-0.3, -0.25) is 0 Å². The first-order valence-electron chi connectivity index (χ1n) is 3.84. The van der Waals surface area contributed by atoms with Crippen LogP contribution in [0.25, 0.3) is 0 Å². The van der Waals surface area contributed by atoms with Gasteiger partial charge in [0.25, 0.3) is 0 Å². The fourth-order valence-electron chi connectivity index (χ4n) is 1.19. The zero-order valence-electron chi connectivity index (χ0n) is 7.62. The molecule has 66 valence electrons. The van der Waals surface area contributed by atoms with Crippen LogP contribution in [0.4, 0.5) is 8.78 Å². The lowest BCUT2D eigenvalue weighted by Crippen LogP contribution is -2.13. The highest BCUT2D eigenvalue weighted by Gasteiger charge is 2.22. The van der Waals surface area contributed by atoms with Gasteiger partial charge in [-0.05, 0) is 26.7 Å². The highest BCUT2D eigenvalue weighted by molar-refractivity contribution is 4.96. The van der Waals surface area contributed by atoms with Crippen molar-refractivity contribution in [3.8, 4) is 0 Å². The van der Waals surface area contributed by atoms with Gasteiger partial charge in [0, 0.05) is 6.42 Å². The molecule has 0 nitrogen and oxygen atoms in total. The van der Waals surface area contributed by atoms with Gasteiger partial charge in [-0.25, -0.2) is 8.78 Å². The Hall–Kier alpha value is -0.400. The Morgan fingerprint density at radius 2 is 1.91 bits per heavy atom. The second-order valence-corrected chi connectivity index (χ2v) is 3.50. The molecule has 0 aromatic heterocycles. The molecule has 0 bridgehead atoms. The molecule has 0 saturated carbocycles. The molecule has 0 saturated heterocycles. The third kappa shape index (κ3) is 7.50. The minimum atomic E-state index is -2.54. The second kappa shape index (κ2) is 3.84. The maximum absolute atomic E-state index is 12.4. The van der Waals surface area contributed by atoms with Gasteiger partial charge in [-0.2, -0.15) is 0 Å². The molecule has 0 N–H and O–H groups in total. The van der Waals surface area contributed by atoms with Crippen LogP contribution in [0.1, 0.15) is 34.1 Å². The summed E-state index contributed by atoms with van der Waals surface area (Å²) in [6, 6.07) is 0. The highest BCUT2D eigenvalue weighted by Crippen LogP contribution is 2.23. The molecule has 0 aliphatic heterocycles. The van der Waals surface area contributed by atoms with Crippen molar-refractivity contribution in [3.05, 3.63) is 11.6 Å². The van der Waals surface area contributed by atoms with E-state index in [2.05, 4.69) is 0 Å².